The molecule has 4 rings (SSSR count). The lowest BCUT2D eigenvalue weighted by molar-refractivity contribution is 0.104. The van der Waals surface area contributed by atoms with Gasteiger partial charge in [0.05, 0.1) is 16.6 Å². The fraction of sp³-hybridized carbons (Fsp3) is 0.381. The third kappa shape index (κ3) is 4.07. The third-order valence-corrected chi connectivity index (χ3v) is 7.57. The molecule has 2 aromatic rings. The summed E-state index contributed by atoms with van der Waals surface area (Å²) >= 11 is 5.93. The van der Waals surface area contributed by atoms with Crippen molar-refractivity contribution in [3.63, 3.8) is 0 Å². The van der Waals surface area contributed by atoms with Crippen molar-refractivity contribution in [2.24, 2.45) is 0 Å². The number of nitrogens with zero attached hydrogens (tertiary/aromatic N) is 2. The molecule has 2 aromatic carbocycles. The molecule has 1 amide bonds. The van der Waals surface area contributed by atoms with Gasteiger partial charge in [-0.05, 0) is 61.6 Å². The molecule has 0 saturated carbocycles. The van der Waals surface area contributed by atoms with E-state index in [2.05, 4.69) is 0 Å². The Labute approximate surface area is 176 Å². The smallest absolute Gasteiger partial charge is 0.409 e. The number of rotatable bonds is 4. The van der Waals surface area contributed by atoms with E-state index in [1.54, 1.807) is 23.1 Å². The summed E-state index contributed by atoms with van der Waals surface area (Å²) in [4.78, 5) is 14.2. The van der Waals surface area contributed by atoms with E-state index in [4.69, 9.17) is 16.3 Å². The molecule has 6 nitrogen and oxygen atoms in total. The molecule has 2 aliphatic rings. The first-order valence-corrected chi connectivity index (χ1v) is 11.6. The van der Waals surface area contributed by atoms with Crippen LogP contribution in [0, 0.1) is 0 Å². The second kappa shape index (κ2) is 8.24. The van der Waals surface area contributed by atoms with E-state index in [9.17, 15) is 13.2 Å². The molecule has 154 valence electrons. The van der Waals surface area contributed by atoms with Crippen LogP contribution < -0.4 is 4.31 Å². The van der Waals surface area contributed by atoms with Gasteiger partial charge in [0.15, 0.2) is 0 Å². The van der Waals surface area contributed by atoms with E-state index < -0.39 is 16.1 Å². The molecule has 0 aromatic heterocycles. The van der Waals surface area contributed by atoms with Crippen molar-refractivity contribution in [3.8, 4) is 0 Å². The maximum Gasteiger partial charge on any atom is 0.409 e. The molecule has 0 spiro atoms. The van der Waals surface area contributed by atoms with Gasteiger partial charge in [-0.1, -0.05) is 29.8 Å². The number of carbonyl (C=O) groups is 1. The van der Waals surface area contributed by atoms with Crippen LogP contribution in [0.15, 0.2) is 53.4 Å². The molecule has 2 aliphatic heterocycles. The number of aryl methyl sites for hydroxylation is 1. The normalized spacial score (nSPS) is 19.1. The predicted molar refractivity (Wildman–Crippen MR) is 112 cm³/mol. The molecular weight excluding hydrogens is 412 g/mol. The maximum atomic E-state index is 13.5. The van der Waals surface area contributed by atoms with Gasteiger partial charge in [-0.15, -0.1) is 0 Å². The molecule has 0 radical (unpaired) electrons. The van der Waals surface area contributed by atoms with Crippen LogP contribution in [0.5, 0.6) is 0 Å². The molecule has 0 N–H and O–H groups in total. The van der Waals surface area contributed by atoms with Crippen molar-refractivity contribution in [1.82, 2.24) is 4.90 Å². The molecule has 29 heavy (non-hydrogen) atoms. The zero-order valence-corrected chi connectivity index (χ0v) is 17.5. The summed E-state index contributed by atoms with van der Waals surface area (Å²) in [6.45, 7) is 1.41. The lowest BCUT2D eigenvalue weighted by Crippen LogP contribution is -2.47. The summed E-state index contributed by atoms with van der Waals surface area (Å²) in [5.41, 5.74) is 1.60. The Hall–Kier alpha value is -2.25. The van der Waals surface area contributed by atoms with E-state index >= 15 is 0 Å². The van der Waals surface area contributed by atoms with Crippen LogP contribution in [-0.2, 0) is 21.2 Å². The summed E-state index contributed by atoms with van der Waals surface area (Å²) in [7, 11) is -3.84. The summed E-state index contributed by atoms with van der Waals surface area (Å²) in [6.07, 6.45) is 2.89. The minimum absolute atomic E-state index is 0.0243. The summed E-state index contributed by atoms with van der Waals surface area (Å²) < 4.78 is 33.9. The van der Waals surface area contributed by atoms with Crippen LogP contribution >= 0.6 is 11.6 Å². The number of halogens is 1. The second-order valence-electron chi connectivity index (χ2n) is 7.35. The Bertz CT molecular complexity index is 988. The Balaban J connectivity index is 1.63. The number of benzene rings is 2. The van der Waals surface area contributed by atoms with Crippen LogP contribution in [-0.4, -0.2) is 45.1 Å². The van der Waals surface area contributed by atoms with Crippen molar-refractivity contribution in [1.29, 1.82) is 0 Å². The van der Waals surface area contributed by atoms with Crippen LogP contribution in [0.2, 0.25) is 5.02 Å². The van der Waals surface area contributed by atoms with Crippen LogP contribution in [0.4, 0.5) is 10.5 Å². The topological polar surface area (TPSA) is 66.9 Å². The van der Waals surface area contributed by atoms with Crippen molar-refractivity contribution in [2.45, 2.75) is 36.6 Å². The van der Waals surface area contributed by atoms with Gasteiger partial charge in [-0.3, -0.25) is 4.31 Å². The SMILES string of the molecule is O=C(OCC1CCc2ccccc2N1S(=O)(=O)c1ccc(Cl)cc1)N1CCCC1. The molecule has 1 fully saturated rings. The van der Waals surface area contributed by atoms with Crippen molar-refractivity contribution < 1.29 is 17.9 Å². The quantitative estimate of drug-likeness (QED) is 0.727. The molecule has 2 heterocycles. The first kappa shape index (κ1) is 20.0. The first-order chi connectivity index (χ1) is 14.0. The summed E-state index contributed by atoms with van der Waals surface area (Å²) in [6, 6.07) is 13.1. The van der Waals surface area contributed by atoms with Gasteiger partial charge in [-0.25, -0.2) is 13.2 Å². The van der Waals surface area contributed by atoms with E-state index in [1.165, 1.54) is 16.4 Å². The van der Waals surface area contributed by atoms with Gasteiger partial charge in [-0.2, -0.15) is 0 Å². The van der Waals surface area contributed by atoms with E-state index in [0.717, 1.165) is 24.8 Å². The lowest BCUT2D eigenvalue weighted by atomic mass is 9.98. The number of sulfonamides is 1. The van der Waals surface area contributed by atoms with Gasteiger partial charge >= 0.3 is 6.09 Å². The fourth-order valence-electron chi connectivity index (χ4n) is 3.93. The number of amides is 1. The number of para-hydroxylation sites is 1. The van der Waals surface area contributed by atoms with E-state index in [0.29, 0.717) is 30.2 Å². The second-order valence-corrected chi connectivity index (χ2v) is 9.60. The van der Waals surface area contributed by atoms with Crippen molar-refractivity contribution in [3.05, 3.63) is 59.1 Å². The van der Waals surface area contributed by atoms with Gasteiger partial charge in [0.1, 0.15) is 6.61 Å². The first-order valence-electron chi connectivity index (χ1n) is 9.76. The highest BCUT2D eigenvalue weighted by Gasteiger charge is 2.37. The lowest BCUT2D eigenvalue weighted by Gasteiger charge is -2.37. The monoisotopic (exact) mass is 434 g/mol. The Morgan fingerprint density at radius 2 is 1.76 bits per heavy atom. The number of carbonyl (C=O) groups excluding carboxylic acids is 1. The highest BCUT2D eigenvalue weighted by atomic mass is 35.5. The maximum absolute atomic E-state index is 13.5. The van der Waals surface area contributed by atoms with Crippen LogP contribution in [0.3, 0.4) is 0 Å². The highest BCUT2D eigenvalue weighted by molar-refractivity contribution is 7.92. The van der Waals surface area contributed by atoms with E-state index in [-0.39, 0.29) is 17.6 Å². The number of likely N-dealkylation sites (tertiary alicyclic amines) is 1. The van der Waals surface area contributed by atoms with Gasteiger partial charge in [0, 0.05) is 18.1 Å². The predicted octanol–water partition coefficient (Wildman–Crippen LogP) is 4.08. The molecule has 1 saturated heterocycles. The molecule has 0 bridgehead atoms. The Kier molecular flexibility index (Phi) is 5.69. The zero-order chi connectivity index (χ0) is 20.4. The minimum atomic E-state index is -3.84. The average molecular weight is 435 g/mol. The van der Waals surface area contributed by atoms with Gasteiger partial charge < -0.3 is 9.64 Å². The third-order valence-electron chi connectivity index (χ3n) is 5.44. The minimum Gasteiger partial charge on any atom is -0.447 e. The molecule has 1 unspecified atom stereocenters. The van der Waals surface area contributed by atoms with Gasteiger partial charge in [0.2, 0.25) is 0 Å². The van der Waals surface area contributed by atoms with Gasteiger partial charge in [0.25, 0.3) is 10.0 Å². The van der Waals surface area contributed by atoms with Crippen molar-refractivity contribution in [2.75, 3.05) is 24.0 Å². The van der Waals surface area contributed by atoms with Crippen LogP contribution in [0.1, 0.15) is 24.8 Å². The Morgan fingerprint density at radius 1 is 1.07 bits per heavy atom. The number of fused-ring (bicyclic) bond motifs is 1. The molecule has 1 atom stereocenters. The molecular formula is C21H23ClN2O4S. The van der Waals surface area contributed by atoms with E-state index in [1.807, 2.05) is 18.2 Å². The number of hydrogen-bond acceptors (Lipinski definition) is 4. The fourth-order valence-corrected chi connectivity index (χ4v) is 5.76. The number of ether oxygens (including phenoxy) is 1. The largest absolute Gasteiger partial charge is 0.447 e. The van der Waals surface area contributed by atoms with Crippen LogP contribution in [0.25, 0.3) is 0 Å². The molecule has 8 heteroatoms. The Morgan fingerprint density at radius 3 is 2.48 bits per heavy atom. The number of hydrogen-bond donors (Lipinski definition) is 0. The molecule has 0 aliphatic carbocycles. The highest BCUT2D eigenvalue weighted by Crippen LogP contribution is 2.35. The summed E-state index contributed by atoms with van der Waals surface area (Å²) in [5.74, 6) is 0. The zero-order valence-electron chi connectivity index (χ0n) is 16.0. The van der Waals surface area contributed by atoms with Crippen molar-refractivity contribution >= 4 is 33.4 Å². The number of anilines is 1. The average Bonchev–Trinajstić information content (AvgIpc) is 3.26. The summed E-state index contributed by atoms with van der Waals surface area (Å²) in [5, 5.41) is 0.471. The standard InChI is InChI=1S/C21H23ClN2O4S/c22-17-8-11-19(12-9-17)29(26,27)24-18(10-7-16-5-1-2-6-20(16)24)15-28-21(25)23-13-3-4-14-23/h1-2,5-6,8-9,11-12,18H,3-4,7,10,13-15H2.